The molecule has 2 aromatic carbocycles. The summed E-state index contributed by atoms with van der Waals surface area (Å²) >= 11 is 3.34. The summed E-state index contributed by atoms with van der Waals surface area (Å²) in [5.41, 5.74) is 1.46. The van der Waals surface area contributed by atoms with Crippen LogP contribution in [0, 0.1) is 5.82 Å². The van der Waals surface area contributed by atoms with Crippen molar-refractivity contribution in [2.75, 3.05) is 5.32 Å². The predicted molar refractivity (Wildman–Crippen MR) is 96.2 cm³/mol. The van der Waals surface area contributed by atoms with Crippen molar-refractivity contribution >= 4 is 27.8 Å². The summed E-state index contributed by atoms with van der Waals surface area (Å²) in [6.45, 7) is 1.75. The molecule has 1 amide bonds. The smallest absolute Gasteiger partial charge is 0.413 e. The Balaban J connectivity index is 1.75. The van der Waals surface area contributed by atoms with Crippen molar-refractivity contribution in [1.29, 1.82) is 0 Å². The molecule has 1 aromatic heterocycles. The molecule has 0 fully saturated rings. The average Bonchev–Trinajstić information content (AvgIpc) is 2.97. The number of amides is 1. The summed E-state index contributed by atoms with van der Waals surface area (Å²) < 4.78 is 21.5. The van der Waals surface area contributed by atoms with E-state index in [1.807, 2.05) is 30.3 Å². The fourth-order valence-electron chi connectivity index (χ4n) is 2.30. The van der Waals surface area contributed by atoms with Crippen molar-refractivity contribution in [3.05, 3.63) is 76.6 Å². The molecule has 7 heteroatoms. The van der Waals surface area contributed by atoms with E-state index in [2.05, 4.69) is 26.3 Å². The lowest BCUT2D eigenvalue weighted by molar-refractivity contribution is 0.121. The lowest BCUT2D eigenvalue weighted by atomic mass is 10.1. The Kier molecular flexibility index (Phi) is 5.14. The van der Waals surface area contributed by atoms with E-state index >= 15 is 0 Å². The Labute approximate surface area is 152 Å². The van der Waals surface area contributed by atoms with E-state index in [0.29, 0.717) is 5.69 Å². The van der Waals surface area contributed by atoms with Gasteiger partial charge < -0.3 is 4.74 Å². The zero-order valence-electron chi connectivity index (χ0n) is 13.3. The summed E-state index contributed by atoms with van der Waals surface area (Å²) in [6, 6.07) is 16.4. The molecule has 0 aliphatic heterocycles. The van der Waals surface area contributed by atoms with Crippen LogP contribution < -0.4 is 5.32 Å². The first kappa shape index (κ1) is 17.2. The molecule has 0 unspecified atom stereocenters. The van der Waals surface area contributed by atoms with Gasteiger partial charge in [-0.3, -0.25) is 5.32 Å². The Morgan fingerprint density at radius 3 is 2.56 bits per heavy atom. The maximum atomic E-state index is 14.0. The van der Waals surface area contributed by atoms with Crippen LogP contribution in [-0.4, -0.2) is 15.9 Å². The quantitative estimate of drug-likeness (QED) is 0.660. The molecular weight excluding hydrogens is 389 g/mol. The number of benzene rings is 2. The Morgan fingerprint density at radius 1 is 1.20 bits per heavy atom. The van der Waals surface area contributed by atoms with Crippen molar-refractivity contribution in [3.63, 3.8) is 0 Å². The van der Waals surface area contributed by atoms with E-state index in [1.165, 1.54) is 4.68 Å². The Hall–Kier alpha value is -2.67. The second-order valence-corrected chi connectivity index (χ2v) is 6.23. The molecule has 0 aliphatic rings. The van der Waals surface area contributed by atoms with Gasteiger partial charge in [-0.1, -0.05) is 46.3 Å². The third-order valence-electron chi connectivity index (χ3n) is 3.57. The number of ether oxygens (including phenoxy) is 1. The maximum absolute atomic E-state index is 14.0. The van der Waals surface area contributed by atoms with E-state index in [4.69, 9.17) is 4.74 Å². The zero-order valence-corrected chi connectivity index (χ0v) is 14.9. The lowest BCUT2D eigenvalue weighted by Crippen LogP contribution is -2.19. The van der Waals surface area contributed by atoms with Crippen molar-refractivity contribution in [2.24, 2.45) is 0 Å². The van der Waals surface area contributed by atoms with E-state index in [9.17, 15) is 9.18 Å². The normalized spacial score (nSPS) is 11.8. The van der Waals surface area contributed by atoms with Crippen molar-refractivity contribution in [2.45, 2.75) is 13.0 Å². The van der Waals surface area contributed by atoms with Gasteiger partial charge in [-0.05, 0) is 36.8 Å². The minimum Gasteiger partial charge on any atom is -0.441 e. The summed E-state index contributed by atoms with van der Waals surface area (Å²) in [5.74, 6) is -0.722. The monoisotopic (exact) mass is 403 g/mol. The second-order valence-electron chi connectivity index (χ2n) is 5.31. The van der Waals surface area contributed by atoms with Gasteiger partial charge in [0.05, 0.1) is 11.9 Å². The number of hydrogen-bond donors (Lipinski definition) is 1. The molecule has 128 valence electrons. The number of carbonyl (C=O) groups excluding carboxylic acids is 1. The highest BCUT2D eigenvalue weighted by Gasteiger charge is 2.18. The Bertz CT molecular complexity index is 866. The minimum absolute atomic E-state index is 0.0763. The Morgan fingerprint density at radius 2 is 1.88 bits per heavy atom. The van der Waals surface area contributed by atoms with Crippen LogP contribution in [-0.2, 0) is 4.74 Å². The number of anilines is 1. The fraction of sp³-hybridized carbons (Fsp3) is 0.111. The molecule has 0 radical (unpaired) electrons. The van der Waals surface area contributed by atoms with E-state index in [1.54, 1.807) is 31.2 Å². The first-order valence-corrected chi connectivity index (χ1v) is 8.36. The highest BCUT2D eigenvalue weighted by Crippen LogP contribution is 2.22. The number of halogens is 2. The molecule has 0 spiro atoms. The molecule has 1 heterocycles. The highest BCUT2D eigenvalue weighted by molar-refractivity contribution is 9.10. The molecule has 1 N–H and O–H groups in total. The average molecular weight is 404 g/mol. The summed E-state index contributed by atoms with van der Waals surface area (Å²) in [7, 11) is 0. The largest absolute Gasteiger partial charge is 0.441 e. The third kappa shape index (κ3) is 4.06. The van der Waals surface area contributed by atoms with Crippen molar-refractivity contribution in [3.8, 4) is 5.69 Å². The third-order valence-corrected chi connectivity index (χ3v) is 4.10. The number of aromatic nitrogens is 2. The number of nitrogens with zero attached hydrogens (tertiary/aromatic N) is 2. The van der Waals surface area contributed by atoms with Crippen LogP contribution in [0.2, 0.25) is 0 Å². The number of hydrogen-bond acceptors (Lipinski definition) is 3. The molecule has 1 atom stereocenters. The highest BCUT2D eigenvalue weighted by atomic mass is 79.9. The second kappa shape index (κ2) is 7.48. The fourth-order valence-corrected chi connectivity index (χ4v) is 2.56. The molecular formula is C18H15BrFN3O2. The van der Waals surface area contributed by atoms with Gasteiger partial charge >= 0.3 is 6.09 Å². The lowest BCUT2D eigenvalue weighted by Gasteiger charge is -2.15. The van der Waals surface area contributed by atoms with Gasteiger partial charge in [-0.25, -0.2) is 13.9 Å². The van der Waals surface area contributed by atoms with Crippen LogP contribution >= 0.6 is 15.9 Å². The van der Waals surface area contributed by atoms with E-state index in [-0.39, 0.29) is 5.82 Å². The molecule has 0 saturated carbocycles. The molecule has 25 heavy (non-hydrogen) atoms. The number of nitrogens with one attached hydrogen (secondary N) is 1. The van der Waals surface area contributed by atoms with Gasteiger partial charge in [0.2, 0.25) is 0 Å². The van der Waals surface area contributed by atoms with Crippen LogP contribution in [0.15, 0.2) is 65.3 Å². The molecule has 3 aromatic rings. The van der Waals surface area contributed by atoms with Gasteiger partial charge in [0.15, 0.2) is 11.6 Å². The molecule has 3 rings (SSSR count). The van der Waals surface area contributed by atoms with Crippen LogP contribution in [0.5, 0.6) is 0 Å². The standard InChI is InChI=1S/C18H15BrFN3O2/c1-12(13-5-3-2-4-6-13)25-18(24)22-17-16(20)11-21-23(17)15-9-7-14(19)8-10-15/h2-12H,1H3,(H,22,24)/t12-/m1/s1. The van der Waals surface area contributed by atoms with Crippen LogP contribution in [0.4, 0.5) is 15.0 Å². The topological polar surface area (TPSA) is 56.1 Å². The first-order chi connectivity index (χ1) is 12.0. The van der Waals surface area contributed by atoms with Crippen LogP contribution in [0.25, 0.3) is 5.69 Å². The van der Waals surface area contributed by atoms with Gasteiger partial charge in [0.25, 0.3) is 0 Å². The SMILES string of the molecule is C[C@@H](OC(=O)Nc1c(F)cnn1-c1ccc(Br)cc1)c1ccccc1. The minimum atomic E-state index is -0.755. The van der Waals surface area contributed by atoms with Crippen molar-refractivity contribution < 1.29 is 13.9 Å². The van der Waals surface area contributed by atoms with Crippen molar-refractivity contribution in [1.82, 2.24) is 9.78 Å². The van der Waals surface area contributed by atoms with Gasteiger partial charge in [-0.2, -0.15) is 5.10 Å². The number of rotatable bonds is 4. The van der Waals surface area contributed by atoms with E-state index < -0.39 is 18.0 Å². The molecule has 5 nitrogen and oxygen atoms in total. The van der Waals surface area contributed by atoms with Gasteiger partial charge in [0.1, 0.15) is 6.10 Å². The van der Waals surface area contributed by atoms with Gasteiger partial charge in [-0.15, -0.1) is 0 Å². The van der Waals surface area contributed by atoms with Crippen LogP contribution in [0.1, 0.15) is 18.6 Å². The predicted octanol–water partition coefficient (Wildman–Crippen LogP) is 5.08. The van der Waals surface area contributed by atoms with Gasteiger partial charge in [0, 0.05) is 4.47 Å². The molecule has 0 bridgehead atoms. The molecule has 0 saturated heterocycles. The maximum Gasteiger partial charge on any atom is 0.413 e. The zero-order chi connectivity index (χ0) is 17.8. The van der Waals surface area contributed by atoms with Crippen LogP contribution in [0.3, 0.4) is 0 Å². The van der Waals surface area contributed by atoms with E-state index in [0.717, 1.165) is 16.2 Å². The molecule has 0 aliphatic carbocycles. The first-order valence-electron chi connectivity index (χ1n) is 7.56. The summed E-state index contributed by atoms with van der Waals surface area (Å²) in [5, 5.41) is 6.39. The summed E-state index contributed by atoms with van der Waals surface area (Å²) in [6.07, 6.45) is -0.180. The summed E-state index contributed by atoms with van der Waals surface area (Å²) in [4.78, 5) is 12.1. The number of carbonyl (C=O) groups is 1.